The van der Waals surface area contributed by atoms with Crippen LogP contribution in [-0.2, 0) is 4.74 Å². The van der Waals surface area contributed by atoms with Gasteiger partial charge in [0, 0.05) is 30.4 Å². The predicted octanol–water partition coefficient (Wildman–Crippen LogP) is 2.94. The summed E-state index contributed by atoms with van der Waals surface area (Å²) < 4.78 is 5.41. The standard InChI is InChI=1S/C20H21N5O4/c26-15-3-1-2-13(10-15)16-12-19(21-14-4-5-18(27)17(11-14)24-28)23-20(22-16)25-6-8-29-9-7-25/h1-5,10-12,24,26-28H,6-9H2,(H,21,22,23). The number of hydrogen-bond donors (Lipinski definition) is 5. The predicted molar refractivity (Wildman–Crippen MR) is 109 cm³/mol. The normalized spacial score (nSPS) is 13.9. The Balaban J connectivity index is 1.72. The zero-order chi connectivity index (χ0) is 20.2. The highest BCUT2D eigenvalue weighted by Crippen LogP contribution is 2.30. The molecule has 5 N–H and O–H groups in total. The molecule has 2 heterocycles. The molecule has 150 valence electrons. The summed E-state index contributed by atoms with van der Waals surface area (Å²) in [5.41, 5.74) is 4.16. The summed E-state index contributed by atoms with van der Waals surface area (Å²) in [5.74, 6) is 1.17. The number of benzene rings is 2. The van der Waals surface area contributed by atoms with Crippen LogP contribution >= 0.6 is 0 Å². The first-order chi connectivity index (χ1) is 14.1. The maximum atomic E-state index is 9.84. The number of morpholine rings is 1. The lowest BCUT2D eigenvalue weighted by Crippen LogP contribution is -2.37. The number of hydrogen-bond acceptors (Lipinski definition) is 9. The average molecular weight is 395 g/mol. The van der Waals surface area contributed by atoms with Crippen LogP contribution in [0.2, 0.25) is 0 Å². The number of rotatable bonds is 5. The summed E-state index contributed by atoms with van der Waals surface area (Å²) in [6.45, 7) is 2.57. The molecule has 9 heteroatoms. The van der Waals surface area contributed by atoms with Crippen LogP contribution in [-0.4, -0.2) is 51.7 Å². The van der Waals surface area contributed by atoms with E-state index in [1.165, 1.54) is 6.07 Å². The Hall–Kier alpha value is -3.56. The molecule has 1 aliphatic heterocycles. The maximum absolute atomic E-state index is 9.84. The molecule has 0 bridgehead atoms. The third kappa shape index (κ3) is 4.31. The molecule has 0 amide bonds. The van der Waals surface area contributed by atoms with E-state index in [1.807, 2.05) is 16.4 Å². The van der Waals surface area contributed by atoms with Crippen LogP contribution in [0, 0.1) is 0 Å². The lowest BCUT2D eigenvalue weighted by atomic mass is 10.1. The molecule has 1 saturated heterocycles. The van der Waals surface area contributed by atoms with Crippen molar-refractivity contribution in [2.75, 3.05) is 42.0 Å². The van der Waals surface area contributed by atoms with E-state index in [-0.39, 0.29) is 17.2 Å². The minimum absolute atomic E-state index is 0.0739. The van der Waals surface area contributed by atoms with Gasteiger partial charge in [-0.25, -0.2) is 4.98 Å². The van der Waals surface area contributed by atoms with Crippen molar-refractivity contribution in [3.05, 3.63) is 48.5 Å². The van der Waals surface area contributed by atoms with Crippen LogP contribution < -0.4 is 15.7 Å². The van der Waals surface area contributed by atoms with Gasteiger partial charge in [0.25, 0.3) is 0 Å². The molecule has 1 aliphatic rings. The van der Waals surface area contributed by atoms with Gasteiger partial charge >= 0.3 is 0 Å². The minimum Gasteiger partial charge on any atom is -0.508 e. The van der Waals surface area contributed by atoms with Crippen molar-refractivity contribution >= 4 is 23.1 Å². The van der Waals surface area contributed by atoms with Crippen molar-refractivity contribution in [3.8, 4) is 22.8 Å². The van der Waals surface area contributed by atoms with Crippen LogP contribution in [0.3, 0.4) is 0 Å². The minimum atomic E-state index is -0.0739. The van der Waals surface area contributed by atoms with Crippen molar-refractivity contribution in [2.45, 2.75) is 0 Å². The third-order valence-corrected chi connectivity index (χ3v) is 4.54. The molecule has 0 radical (unpaired) electrons. The quantitative estimate of drug-likeness (QED) is 0.252. The second-order valence-electron chi connectivity index (χ2n) is 6.56. The molecule has 0 spiro atoms. The number of anilines is 4. The topological polar surface area (TPSA) is 123 Å². The maximum Gasteiger partial charge on any atom is 0.228 e. The molecular weight excluding hydrogens is 374 g/mol. The second-order valence-corrected chi connectivity index (χ2v) is 6.56. The second kappa shape index (κ2) is 8.21. The van der Waals surface area contributed by atoms with Crippen LogP contribution in [0.15, 0.2) is 48.5 Å². The Morgan fingerprint density at radius 1 is 0.966 bits per heavy atom. The number of phenolic OH excluding ortho intramolecular Hbond substituents is 2. The van der Waals surface area contributed by atoms with E-state index >= 15 is 0 Å². The number of aromatic nitrogens is 2. The highest BCUT2D eigenvalue weighted by molar-refractivity contribution is 5.71. The summed E-state index contributed by atoms with van der Waals surface area (Å²) in [6, 6.07) is 13.3. The highest BCUT2D eigenvalue weighted by atomic mass is 16.5. The molecule has 3 aromatic rings. The average Bonchev–Trinajstić information content (AvgIpc) is 2.75. The van der Waals surface area contributed by atoms with E-state index in [0.29, 0.717) is 49.5 Å². The van der Waals surface area contributed by atoms with Crippen LogP contribution in [0.1, 0.15) is 0 Å². The lowest BCUT2D eigenvalue weighted by Gasteiger charge is -2.27. The summed E-state index contributed by atoms with van der Waals surface area (Å²) in [5, 5.41) is 31.9. The first-order valence-corrected chi connectivity index (χ1v) is 9.14. The molecule has 0 unspecified atom stereocenters. The van der Waals surface area contributed by atoms with E-state index in [0.717, 1.165) is 5.56 Å². The van der Waals surface area contributed by atoms with Crippen molar-refractivity contribution in [3.63, 3.8) is 0 Å². The Bertz CT molecular complexity index is 1010. The molecular formula is C20H21N5O4. The first kappa shape index (κ1) is 18.8. The van der Waals surface area contributed by atoms with Gasteiger partial charge < -0.3 is 25.2 Å². The number of nitrogens with one attached hydrogen (secondary N) is 2. The molecule has 1 fully saturated rings. The van der Waals surface area contributed by atoms with Crippen molar-refractivity contribution < 1.29 is 20.2 Å². The number of aromatic hydroxyl groups is 2. The van der Waals surface area contributed by atoms with Gasteiger partial charge in [0.05, 0.1) is 18.9 Å². The smallest absolute Gasteiger partial charge is 0.228 e. The van der Waals surface area contributed by atoms with E-state index in [4.69, 9.17) is 9.94 Å². The SMILES string of the molecule is ONc1cc(Nc2cc(-c3cccc(O)c3)nc(N3CCOCC3)n2)ccc1O. The molecule has 29 heavy (non-hydrogen) atoms. The fourth-order valence-electron chi connectivity index (χ4n) is 3.07. The molecule has 2 aromatic carbocycles. The first-order valence-electron chi connectivity index (χ1n) is 9.14. The fraction of sp³-hybridized carbons (Fsp3) is 0.200. The Labute approximate surface area is 167 Å². The summed E-state index contributed by atoms with van der Waals surface area (Å²) in [4.78, 5) is 11.3. The van der Waals surface area contributed by atoms with E-state index < -0.39 is 0 Å². The molecule has 4 rings (SSSR count). The Morgan fingerprint density at radius 2 is 1.79 bits per heavy atom. The van der Waals surface area contributed by atoms with Gasteiger partial charge in [0.15, 0.2) is 0 Å². The van der Waals surface area contributed by atoms with Gasteiger partial charge in [-0.05, 0) is 30.3 Å². The lowest BCUT2D eigenvalue weighted by molar-refractivity contribution is 0.122. The molecule has 1 aromatic heterocycles. The fourth-order valence-corrected chi connectivity index (χ4v) is 3.07. The molecule has 0 saturated carbocycles. The van der Waals surface area contributed by atoms with E-state index in [9.17, 15) is 10.2 Å². The largest absolute Gasteiger partial charge is 0.508 e. The summed E-state index contributed by atoms with van der Waals surface area (Å²) >= 11 is 0. The Kier molecular flexibility index (Phi) is 5.32. The number of phenols is 2. The number of nitrogens with zero attached hydrogens (tertiary/aromatic N) is 3. The van der Waals surface area contributed by atoms with Gasteiger partial charge in [0.2, 0.25) is 5.95 Å². The van der Waals surface area contributed by atoms with Crippen molar-refractivity contribution in [2.24, 2.45) is 0 Å². The summed E-state index contributed by atoms with van der Waals surface area (Å²) in [7, 11) is 0. The van der Waals surface area contributed by atoms with Gasteiger partial charge in [-0.2, -0.15) is 4.98 Å². The van der Waals surface area contributed by atoms with Gasteiger partial charge in [-0.15, -0.1) is 0 Å². The van der Waals surface area contributed by atoms with E-state index in [2.05, 4.69) is 15.3 Å². The number of ether oxygens (including phenoxy) is 1. The van der Waals surface area contributed by atoms with Gasteiger partial charge in [0.1, 0.15) is 23.0 Å². The zero-order valence-corrected chi connectivity index (χ0v) is 15.5. The van der Waals surface area contributed by atoms with Crippen molar-refractivity contribution in [1.82, 2.24) is 9.97 Å². The Morgan fingerprint density at radius 3 is 2.55 bits per heavy atom. The molecule has 0 aliphatic carbocycles. The van der Waals surface area contributed by atoms with Gasteiger partial charge in [-0.3, -0.25) is 10.7 Å². The van der Waals surface area contributed by atoms with E-state index in [1.54, 1.807) is 36.4 Å². The highest BCUT2D eigenvalue weighted by Gasteiger charge is 2.17. The zero-order valence-electron chi connectivity index (χ0n) is 15.5. The molecule has 0 atom stereocenters. The third-order valence-electron chi connectivity index (χ3n) is 4.54. The monoisotopic (exact) mass is 395 g/mol. The van der Waals surface area contributed by atoms with Crippen molar-refractivity contribution in [1.29, 1.82) is 0 Å². The van der Waals surface area contributed by atoms with Gasteiger partial charge in [-0.1, -0.05) is 12.1 Å². The van der Waals surface area contributed by atoms with Crippen LogP contribution in [0.4, 0.5) is 23.1 Å². The van der Waals surface area contributed by atoms with Crippen LogP contribution in [0.5, 0.6) is 11.5 Å². The van der Waals surface area contributed by atoms with Crippen LogP contribution in [0.25, 0.3) is 11.3 Å². The molecule has 9 nitrogen and oxygen atoms in total. The summed E-state index contributed by atoms with van der Waals surface area (Å²) in [6.07, 6.45) is 0.